The minimum atomic E-state index is 0. The zero-order chi connectivity index (χ0) is 13.9. The second kappa shape index (κ2) is 6.11. The number of nitrogens with one attached hydrogen (secondary N) is 1. The van der Waals surface area contributed by atoms with Gasteiger partial charge in [-0.3, -0.25) is 0 Å². The fraction of sp³-hybridized carbons (Fsp3) is 0.714. The SMILES string of the molecule is CCN(CC)c1c(NCCC(C)(C)C)c(=S)c1=S.[HH]. The molecule has 1 aromatic rings. The van der Waals surface area contributed by atoms with Gasteiger partial charge in [-0.05, 0) is 25.7 Å². The highest BCUT2D eigenvalue weighted by Gasteiger charge is 2.19. The minimum absolute atomic E-state index is 0. The Balaban J connectivity index is 0.00000324. The molecule has 0 radical (unpaired) electrons. The molecule has 0 atom stereocenters. The molecule has 0 bridgehead atoms. The molecule has 0 spiro atoms. The lowest BCUT2D eigenvalue weighted by molar-refractivity contribution is 0.390. The van der Waals surface area contributed by atoms with Crippen LogP contribution < -0.4 is 10.2 Å². The van der Waals surface area contributed by atoms with Crippen molar-refractivity contribution in [2.75, 3.05) is 29.9 Å². The standard InChI is InChI=1S/C14H24N2S2.H2/c1-6-16(7-2)11-10(12(17)13(11)18)15-9-8-14(3,4)5;/h15H,6-9H2,1-5H3;1H. The third kappa shape index (κ3) is 3.51. The number of rotatable bonds is 6. The Kier molecular flexibility index (Phi) is 5.29. The first-order chi connectivity index (χ1) is 8.31. The molecule has 0 heterocycles. The van der Waals surface area contributed by atoms with Gasteiger partial charge in [-0.25, -0.2) is 0 Å². The molecule has 2 nitrogen and oxygen atoms in total. The van der Waals surface area contributed by atoms with E-state index in [0.717, 1.165) is 46.5 Å². The van der Waals surface area contributed by atoms with E-state index in [1.165, 1.54) is 0 Å². The van der Waals surface area contributed by atoms with Crippen molar-refractivity contribution in [1.82, 2.24) is 0 Å². The molecule has 18 heavy (non-hydrogen) atoms. The highest BCUT2D eigenvalue weighted by Crippen LogP contribution is 2.36. The topological polar surface area (TPSA) is 15.3 Å². The molecule has 0 aliphatic rings. The summed E-state index contributed by atoms with van der Waals surface area (Å²) >= 11 is 10.7. The molecule has 0 aromatic heterocycles. The van der Waals surface area contributed by atoms with Crippen molar-refractivity contribution in [2.45, 2.75) is 41.0 Å². The van der Waals surface area contributed by atoms with Crippen LogP contribution in [-0.4, -0.2) is 19.6 Å². The summed E-state index contributed by atoms with van der Waals surface area (Å²) in [4.78, 5) is 2.28. The molecular weight excluding hydrogens is 260 g/mol. The van der Waals surface area contributed by atoms with Gasteiger partial charge >= 0.3 is 0 Å². The molecule has 0 unspecified atom stereocenters. The molecule has 0 amide bonds. The largest absolute Gasteiger partial charge is 0.382 e. The van der Waals surface area contributed by atoms with Gasteiger partial charge in [0.15, 0.2) is 0 Å². The summed E-state index contributed by atoms with van der Waals surface area (Å²) in [5, 5.41) is 3.46. The smallest absolute Gasteiger partial charge is 0.0834 e. The lowest BCUT2D eigenvalue weighted by Crippen LogP contribution is -2.26. The number of hydrogen-bond acceptors (Lipinski definition) is 4. The Morgan fingerprint density at radius 2 is 1.67 bits per heavy atom. The summed E-state index contributed by atoms with van der Waals surface area (Å²) in [7, 11) is 0. The Morgan fingerprint density at radius 3 is 2.11 bits per heavy atom. The fourth-order valence-electron chi connectivity index (χ4n) is 1.95. The zero-order valence-electron chi connectivity index (χ0n) is 12.1. The molecule has 1 rings (SSSR count). The van der Waals surface area contributed by atoms with E-state index in [4.69, 9.17) is 24.4 Å². The van der Waals surface area contributed by atoms with Gasteiger partial charge < -0.3 is 10.2 Å². The summed E-state index contributed by atoms with van der Waals surface area (Å²) in [6.45, 7) is 13.9. The van der Waals surface area contributed by atoms with Crippen molar-refractivity contribution in [1.29, 1.82) is 0 Å². The predicted octanol–water partition coefficient (Wildman–Crippen LogP) is 4.96. The first kappa shape index (κ1) is 15.6. The van der Waals surface area contributed by atoms with Gasteiger partial charge in [0.2, 0.25) is 0 Å². The van der Waals surface area contributed by atoms with Crippen molar-refractivity contribution in [2.24, 2.45) is 5.41 Å². The summed E-state index contributed by atoms with van der Waals surface area (Å²) in [5.74, 6) is 0. The van der Waals surface area contributed by atoms with Crippen LogP contribution >= 0.6 is 24.4 Å². The lowest BCUT2D eigenvalue weighted by Gasteiger charge is -2.28. The van der Waals surface area contributed by atoms with E-state index in [2.05, 4.69) is 44.8 Å². The van der Waals surface area contributed by atoms with E-state index in [1.807, 2.05) is 0 Å². The van der Waals surface area contributed by atoms with Crippen LogP contribution in [-0.2, 0) is 0 Å². The van der Waals surface area contributed by atoms with Crippen LogP contribution in [0.2, 0.25) is 0 Å². The first-order valence-corrected chi connectivity index (χ1v) is 7.45. The Bertz CT molecular complexity index is 466. The third-order valence-corrected chi connectivity index (χ3v) is 4.08. The molecule has 0 aliphatic heterocycles. The van der Waals surface area contributed by atoms with Crippen LogP contribution in [0.25, 0.3) is 0 Å². The van der Waals surface area contributed by atoms with E-state index in [9.17, 15) is 0 Å². The normalized spacial score (nSPS) is 11.8. The van der Waals surface area contributed by atoms with Crippen molar-refractivity contribution in [3.8, 4) is 0 Å². The van der Waals surface area contributed by atoms with E-state index >= 15 is 0 Å². The summed E-state index contributed by atoms with van der Waals surface area (Å²) in [6, 6.07) is 0. The van der Waals surface area contributed by atoms with Crippen molar-refractivity contribution in [3.05, 3.63) is 9.02 Å². The summed E-state index contributed by atoms with van der Waals surface area (Å²) in [6.07, 6.45) is 1.12. The van der Waals surface area contributed by atoms with Gasteiger partial charge in [-0.2, -0.15) is 0 Å². The van der Waals surface area contributed by atoms with Crippen LogP contribution in [0.5, 0.6) is 0 Å². The Labute approximate surface area is 123 Å². The third-order valence-electron chi connectivity index (χ3n) is 3.14. The molecule has 1 N–H and O–H groups in total. The number of anilines is 2. The van der Waals surface area contributed by atoms with Crippen molar-refractivity contribution in [3.63, 3.8) is 0 Å². The maximum Gasteiger partial charge on any atom is 0.0834 e. The lowest BCUT2D eigenvalue weighted by atomic mass is 9.92. The minimum Gasteiger partial charge on any atom is -0.382 e. The predicted molar refractivity (Wildman–Crippen MR) is 88.7 cm³/mol. The van der Waals surface area contributed by atoms with Gasteiger partial charge in [-0.1, -0.05) is 45.2 Å². The quantitative estimate of drug-likeness (QED) is 0.743. The van der Waals surface area contributed by atoms with Crippen LogP contribution in [0.1, 0.15) is 42.5 Å². The van der Waals surface area contributed by atoms with Crippen LogP contribution in [0, 0.1) is 14.4 Å². The van der Waals surface area contributed by atoms with Crippen LogP contribution in [0.4, 0.5) is 11.4 Å². The van der Waals surface area contributed by atoms with Gasteiger partial charge in [0.1, 0.15) is 0 Å². The van der Waals surface area contributed by atoms with E-state index in [1.54, 1.807) is 0 Å². The fourth-order valence-corrected chi connectivity index (χ4v) is 2.55. The van der Waals surface area contributed by atoms with Crippen molar-refractivity contribution < 1.29 is 1.43 Å². The Morgan fingerprint density at radius 1 is 1.11 bits per heavy atom. The van der Waals surface area contributed by atoms with Crippen LogP contribution in [0.15, 0.2) is 0 Å². The number of nitrogens with zero attached hydrogens (tertiary/aromatic N) is 1. The number of hydrogen-bond donors (Lipinski definition) is 1. The average molecular weight is 287 g/mol. The van der Waals surface area contributed by atoms with Gasteiger partial charge in [0, 0.05) is 21.1 Å². The highest BCUT2D eigenvalue weighted by molar-refractivity contribution is 7.74. The monoisotopic (exact) mass is 286 g/mol. The van der Waals surface area contributed by atoms with E-state index in [-0.39, 0.29) is 1.43 Å². The second-order valence-corrected chi connectivity index (χ2v) is 6.61. The zero-order valence-corrected chi connectivity index (χ0v) is 13.7. The molecular formula is C14H26N2S2. The highest BCUT2D eigenvalue weighted by atomic mass is 32.1. The molecule has 0 saturated heterocycles. The van der Waals surface area contributed by atoms with Crippen molar-refractivity contribution >= 4 is 35.8 Å². The van der Waals surface area contributed by atoms with Gasteiger partial charge in [-0.15, -0.1) is 0 Å². The molecule has 1 aromatic carbocycles. The first-order valence-electron chi connectivity index (χ1n) is 6.64. The van der Waals surface area contributed by atoms with E-state index in [0.29, 0.717) is 5.41 Å². The summed E-state index contributed by atoms with van der Waals surface area (Å²) in [5.41, 5.74) is 2.58. The molecule has 104 valence electrons. The molecule has 0 aliphatic carbocycles. The van der Waals surface area contributed by atoms with Crippen LogP contribution in [0.3, 0.4) is 0 Å². The Hall–Kier alpha value is -0.480. The van der Waals surface area contributed by atoms with Gasteiger partial charge in [0.05, 0.1) is 20.4 Å². The van der Waals surface area contributed by atoms with Gasteiger partial charge in [0.25, 0.3) is 0 Å². The molecule has 4 heteroatoms. The maximum absolute atomic E-state index is 5.36. The second-order valence-electron chi connectivity index (χ2n) is 5.79. The maximum atomic E-state index is 5.36. The summed E-state index contributed by atoms with van der Waals surface area (Å²) < 4.78 is 1.69. The average Bonchev–Trinajstić information content (AvgIpc) is 2.30. The van der Waals surface area contributed by atoms with E-state index < -0.39 is 0 Å². The molecule has 0 fully saturated rings. The molecule has 0 saturated carbocycles.